The van der Waals surface area contributed by atoms with Gasteiger partial charge in [-0.15, -0.1) is 0 Å². The fourth-order valence-corrected chi connectivity index (χ4v) is 7.14. The Bertz CT molecular complexity index is 1820. The van der Waals surface area contributed by atoms with Gasteiger partial charge in [-0.05, 0) is 61.7 Å². The zero-order valence-electron chi connectivity index (χ0n) is 24.0. The molecule has 2 N–H and O–H groups in total. The Morgan fingerprint density at radius 2 is 1.84 bits per heavy atom. The Hall–Kier alpha value is -3.77. The summed E-state index contributed by atoms with van der Waals surface area (Å²) in [6.07, 6.45) is 0.0417. The lowest BCUT2D eigenvalue weighted by molar-refractivity contribution is -0.137. The Balaban J connectivity index is 1.15. The standard InChI is InChI=1S/C30H32F3N7O3S/c1-44(42,43)39-13-10-27-26(18-39)28(20-2-4-21(5-3-20)30(31,32)33)37-40(27)17-23(41)16-38-11-8-19(9-12-38)25-15-35-29-24(25)7-6-22(14-34)36-29/h2-7,15,19,23,41H,8-13,16-18H2,1H3,(H,35,36). The maximum Gasteiger partial charge on any atom is 0.416 e. The molecule has 2 aliphatic heterocycles. The smallest absolute Gasteiger partial charge is 0.390 e. The van der Waals surface area contributed by atoms with Crippen LogP contribution in [0.15, 0.2) is 42.6 Å². The maximum atomic E-state index is 13.2. The molecule has 14 heteroatoms. The van der Waals surface area contributed by atoms with Crippen LogP contribution in [0.25, 0.3) is 22.3 Å². The van der Waals surface area contributed by atoms with Crippen molar-refractivity contribution in [2.45, 2.75) is 50.6 Å². The van der Waals surface area contributed by atoms with Crippen LogP contribution in [0.4, 0.5) is 13.2 Å². The minimum Gasteiger partial charge on any atom is -0.390 e. The molecule has 0 amide bonds. The summed E-state index contributed by atoms with van der Waals surface area (Å²) >= 11 is 0. The van der Waals surface area contributed by atoms with Gasteiger partial charge in [0.15, 0.2) is 0 Å². The van der Waals surface area contributed by atoms with Gasteiger partial charge < -0.3 is 15.0 Å². The minimum atomic E-state index is -4.47. The molecule has 1 aromatic carbocycles. The first kappa shape index (κ1) is 30.3. The Kier molecular flexibility index (Phi) is 8.00. The summed E-state index contributed by atoms with van der Waals surface area (Å²) in [7, 11) is -3.49. The molecule has 1 saturated heterocycles. The molecular formula is C30H32F3N7O3S. The Labute approximate surface area is 252 Å². The molecule has 5 heterocycles. The molecule has 10 nitrogen and oxygen atoms in total. The van der Waals surface area contributed by atoms with Gasteiger partial charge in [-0.25, -0.2) is 13.4 Å². The number of H-pyrrole nitrogens is 1. The summed E-state index contributed by atoms with van der Waals surface area (Å²) in [5, 5.41) is 25.9. The number of alkyl halides is 3. The van der Waals surface area contributed by atoms with Gasteiger partial charge in [-0.2, -0.15) is 27.8 Å². The van der Waals surface area contributed by atoms with E-state index in [0.29, 0.717) is 47.0 Å². The average molecular weight is 628 g/mol. The van der Waals surface area contributed by atoms with Gasteiger partial charge in [0, 0.05) is 54.5 Å². The first-order valence-electron chi connectivity index (χ1n) is 14.4. The van der Waals surface area contributed by atoms with Gasteiger partial charge in [0.05, 0.1) is 30.2 Å². The van der Waals surface area contributed by atoms with E-state index in [-0.39, 0.29) is 19.6 Å². The largest absolute Gasteiger partial charge is 0.416 e. The van der Waals surface area contributed by atoms with E-state index < -0.39 is 27.9 Å². The zero-order valence-corrected chi connectivity index (χ0v) is 24.9. The number of halogens is 3. The van der Waals surface area contributed by atoms with Crippen molar-refractivity contribution in [3.8, 4) is 17.3 Å². The second kappa shape index (κ2) is 11.6. The molecule has 44 heavy (non-hydrogen) atoms. The highest BCUT2D eigenvalue weighted by Crippen LogP contribution is 2.35. The SMILES string of the molecule is CS(=O)(=O)N1CCc2c(c(-c3ccc(C(F)(F)F)cc3)nn2CC(O)CN2CCC(c3c[nH]c4nc(C#N)ccc34)CC2)C1. The number of likely N-dealkylation sites (tertiary alicyclic amines) is 1. The highest BCUT2D eigenvalue weighted by molar-refractivity contribution is 7.88. The van der Waals surface area contributed by atoms with E-state index in [0.717, 1.165) is 55.4 Å². The molecule has 1 fully saturated rings. The van der Waals surface area contributed by atoms with E-state index in [1.807, 2.05) is 12.3 Å². The molecule has 6 rings (SSSR count). The highest BCUT2D eigenvalue weighted by atomic mass is 32.2. The van der Waals surface area contributed by atoms with Crippen molar-refractivity contribution in [3.63, 3.8) is 0 Å². The van der Waals surface area contributed by atoms with E-state index in [2.05, 4.69) is 20.9 Å². The van der Waals surface area contributed by atoms with Crippen LogP contribution in [0.5, 0.6) is 0 Å². The normalized spacial score (nSPS) is 17.9. The van der Waals surface area contributed by atoms with Gasteiger partial charge >= 0.3 is 6.18 Å². The molecule has 1 atom stereocenters. The molecule has 0 aliphatic carbocycles. The van der Waals surface area contributed by atoms with Crippen molar-refractivity contribution in [3.05, 3.63) is 70.7 Å². The van der Waals surface area contributed by atoms with Gasteiger partial charge in [0.2, 0.25) is 10.0 Å². The molecule has 0 radical (unpaired) electrons. The molecule has 0 bridgehead atoms. The van der Waals surface area contributed by atoms with E-state index in [4.69, 9.17) is 10.4 Å². The summed E-state index contributed by atoms with van der Waals surface area (Å²) in [4.78, 5) is 9.72. The third-order valence-corrected chi connectivity index (χ3v) is 9.87. The Morgan fingerprint density at radius 3 is 2.50 bits per heavy atom. The van der Waals surface area contributed by atoms with Crippen molar-refractivity contribution in [2.75, 3.05) is 32.4 Å². The highest BCUT2D eigenvalue weighted by Gasteiger charge is 2.33. The summed E-state index contributed by atoms with van der Waals surface area (Å²) in [5.41, 5.74) is 3.78. The van der Waals surface area contributed by atoms with Crippen LogP contribution < -0.4 is 0 Å². The second-order valence-electron chi connectivity index (χ2n) is 11.6. The van der Waals surface area contributed by atoms with Gasteiger partial charge in [-0.1, -0.05) is 12.1 Å². The van der Waals surface area contributed by atoms with Crippen molar-refractivity contribution in [2.24, 2.45) is 0 Å². The number of aromatic nitrogens is 4. The molecule has 0 spiro atoms. The van der Waals surface area contributed by atoms with Gasteiger partial charge in [0.1, 0.15) is 17.4 Å². The van der Waals surface area contributed by atoms with Crippen molar-refractivity contribution in [1.82, 2.24) is 29.0 Å². The second-order valence-corrected chi connectivity index (χ2v) is 13.5. The van der Waals surface area contributed by atoms with Crippen molar-refractivity contribution >= 4 is 21.1 Å². The van der Waals surface area contributed by atoms with Crippen LogP contribution in [-0.2, 0) is 35.7 Å². The number of aliphatic hydroxyl groups is 1. The van der Waals surface area contributed by atoms with E-state index in [9.17, 15) is 26.7 Å². The zero-order chi connectivity index (χ0) is 31.2. The number of nitriles is 1. The van der Waals surface area contributed by atoms with Crippen molar-refractivity contribution in [1.29, 1.82) is 5.26 Å². The number of rotatable bonds is 7. The fraction of sp³-hybridized carbons (Fsp3) is 0.433. The molecule has 3 aromatic heterocycles. The summed E-state index contributed by atoms with van der Waals surface area (Å²) in [6, 6.07) is 10.4. The number of sulfonamides is 1. The van der Waals surface area contributed by atoms with Gasteiger partial charge in [0.25, 0.3) is 0 Å². The van der Waals surface area contributed by atoms with Crippen LogP contribution in [0, 0.1) is 11.3 Å². The number of hydrogen-bond acceptors (Lipinski definition) is 7. The quantitative estimate of drug-likeness (QED) is 0.318. The minimum absolute atomic E-state index is 0.0648. The topological polar surface area (TPSA) is 131 Å². The number of nitrogens with zero attached hydrogens (tertiary/aromatic N) is 6. The molecular weight excluding hydrogens is 595 g/mol. The molecule has 1 unspecified atom stereocenters. The lowest BCUT2D eigenvalue weighted by Crippen LogP contribution is -2.40. The molecule has 232 valence electrons. The third kappa shape index (κ3) is 6.10. The molecule has 4 aromatic rings. The van der Waals surface area contributed by atoms with Crippen LogP contribution in [-0.4, -0.2) is 81.0 Å². The number of aliphatic hydroxyl groups excluding tert-OH is 1. The number of fused-ring (bicyclic) bond motifs is 2. The van der Waals surface area contributed by atoms with Gasteiger partial charge in [-0.3, -0.25) is 4.68 Å². The van der Waals surface area contributed by atoms with E-state index in [1.54, 1.807) is 10.7 Å². The number of pyridine rings is 1. The number of aromatic amines is 1. The number of hydrogen-bond donors (Lipinski definition) is 2. The lowest BCUT2D eigenvalue weighted by Gasteiger charge is -2.33. The molecule has 2 aliphatic rings. The maximum absolute atomic E-state index is 13.2. The number of benzene rings is 1. The number of β-amino-alcohol motifs (C(OH)–C–C–N with tert-alkyl or cyclic N) is 1. The lowest BCUT2D eigenvalue weighted by atomic mass is 9.89. The predicted molar refractivity (Wildman–Crippen MR) is 157 cm³/mol. The summed E-state index contributed by atoms with van der Waals surface area (Å²) < 4.78 is 67.1. The Morgan fingerprint density at radius 1 is 1.11 bits per heavy atom. The summed E-state index contributed by atoms with van der Waals surface area (Å²) in [5.74, 6) is 0.328. The summed E-state index contributed by atoms with van der Waals surface area (Å²) in [6.45, 7) is 2.50. The van der Waals surface area contributed by atoms with Crippen LogP contribution in [0.2, 0.25) is 0 Å². The number of piperidine rings is 1. The third-order valence-electron chi connectivity index (χ3n) is 8.62. The first-order valence-corrected chi connectivity index (χ1v) is 16.3. The van der Waals surface area contributed by atoms with Crippen molar-refractivity contribution < 1.29 is 26.7 Å². The first-order chi connectivity index (χ1) is 20.9. The van der Waals surface area contributed by atoms with Crippen LogP contribution in [0.1, 0.15) is 46.8 Å². The van der Waals surface area contributed by atoms with Crippen LogP contribution in [0.3, 0.4) is 0 Å². The fourth-order valence-electron chi connectivity index (χ4n) is 6.36. The van der Waals surface area contributed by atoms with E-state index in [1.165, 1.54) is 22.0 Å². The predicted octanol–water partition coefficient (Wildman–Crippen LogP) is 3.88. The average Bonchev–Trinajstić information content (AvgIpc) is 3.57. The molecule has 0 saturated carbocycles. The monoisotopic (exact) mass is 627 g/mol. The number of nitrogens with one attached hydrogen (secondary N) is 1. The van der Waals surface area contributed by atoms with E-state index >= 15 is 0 Å². The van der Waals surface area contributed by atoms with Crippen LogP contribution >= 0.6 is 0 Å².